The van der Waals surface area contributed by atoms with Crippen molar-refractivity contribution in [2.45, 2.75) is 19.1 Å². The van der Waals surface area contributed by atoms with Crippen LogP contribution < -0.4 is 15.4 Å². The van der Waals surface area contributed by atoms with Gasteiger partial charge in [0.2, 0.25) is 0 Å². The predicted octanol–water partition coefficient (Wildman–Crippen LogP) is 4.34. The number of hydrogen-bond donors (Lipinski definition) is 2. The highest BCUT2D eigenvalue weighted by Gasteiger charge is 2.37. The van der Waals surface area contributed by atoms with Gasteiger partial charge in [-0.1, -0.05) is 24.3 Å². The highest BCUT2D eigenvalue weighted by molar-refractivity contribution is 6.07. The number of rotatable bonds is 7. The molecule has 1 aliphatic heterocycles. The summed E-state index contributed by atoms with van der Waals surface area (Å²) >= 11 is 0. The minimum atomic E-state index is -4.57. The lowest BCUT2D eigenvalue weighted by atomic mass is 9.93. The van der Waals surface area contributed by atoms with E-state index in [1.165, 1.54) is 31.3 Å². The summed E-state index contributed by atoms with van der Waals surface area (Å²) in [6.07, 6.45) is -4.57. The summed E-state index contributed by atoms with van der Waals surface area (Å²) in [5.74, 6) is -0.169. The number of halogens is 3. The lowest BCUT2D eigenvalue weighted by Crippen LogP contribution is -2.49. The Bertz CT molecular complexity index is 1070. The third-order valence-corrected chi connectivity index (χ3v) is 5.26. The van der Waals surface area contributed by atoms with Crippen LogP contribution in [0.4, 0.5) is 23.7 Å². The van der Waals surface area contributed by atoms with Crippen molar-refractivity contribution >= 4 is 17.6 Å². The Labute approximate surface area is 189 Å². The summed E-state index contributed by atoms with van der Waals surface area (Å²) in [7, 11) is 2.93. The van der Waals surface area contributed by atoms with Gasteiger partial charge in [-0.15, -0.1) is 0 Å². The topological polar surface area (TPSA) is 79.9 Å². The summed E-state index contributed by atoms with van der Waals surface area (Å²) < 4.78 is 50.2. The van der Waals surface area contributed by atoms with Crippen LogP contribution in [0.5, 0.6) is 5.75 Å². The van der Waals surface area contributed by atoms with Crippen LogP contribution in [0.1, 0.15) is 24.1 Å². The summed E-state index contributed by atoms with van der Waals surface area (Å²) in [5.41, 5.74) is 0.0577. The molecule has 0 aromatic heterocycles. The fourth-order valence-electron chi connectivity index (χ4n) is 3.61. The lowest BCUT2D eigenvalue weighted by molar-refractivity contribution is -0.137. The van der Waals surface area contributed by atoms with Gasteiger partial charge in [-0.05, 0) is 36.8 Å². The first-order valence-electron chi connectivity index (χ1n) is 10.1. The predicted molar refractivity (Wildman–Crippen MR) is 116 cm³/mol. The average molecular weight is 463 g/mol. The van der Waals surface area contributed by atoms with Gasteiger partial charge < -0.3 is 20.1 Å². The molecule has 3 amide bonds. The van der Waals surface area contributed by atoms with Crippen LogP contribution in [-0.4, -0.2) is 44.2 Å². The molecule has 1 atom stereocenters. The number of alkyl halides is 3. The maximum atomic E-state index is 13.4. The molecule has 0 saturated carbocycles. The summed E-state index contributed by atoms with van der Waals surface area (Å²) in [6, 6.07) is 9.65. The molecule has 176 valence electrons. The van der Waals surface area contributed by atoms with Crippen LogP contribution in [-0.2, 0) is 15.7 Å². The smallest absolute Gasteiger partial charge is 0.416 e. The molecule has 7 nitrogen and oxygen atoms in total. The van der Waals surface area contributed by atoms with Crippen LogP contribution in [0.15, 0.2) is 59.8 Å². The van der Waals surface area contributed by atoms with E-state index in [0.29, 0.717) is 17.1 Å². The molecule has 33 heavy (non-hydrogen) atoms. The van der Waals surface area contributed by atoms with Crippen molar-refractivity contribution in [3.05, 3.63) is 70.9 Å². The van der Waals surface area contributed by atoms with E-state index in [1.54, 1.807) is 31.2 Å². The van der Waals surface area contributed by atoms with E-state index in [2.05, 4.69) is 10.6 Å². The number of para-hydroxylation sites is 2. The van der Waals surface area contributed by atoms with E-state index >= 15 is 0 Å². The van der Waals surface area contributed by atoms with Crippen molar-refractivity contribution in [1.82, 2.24) is 10.2 Å². The van der Waals surface area contributed by atoms with Gasteiger partial charge in [0.15, 0.2) is 0 Å². The summed E-state index contributed by atoms with van der Waals surface area (Å²) in [6.45, 7) is 1.95. The number of hydrogen-bond acceptors (Lipinski definition) is 4. The third-order valence-electron chi connectivity index (χ3n) is 5.26. The van der Waals surface area contributed by atoms with Crippen molar-refractivity contribution in [1.29, 1.82) is 0 Å². The van der Waals surface area contributed by atoms with Crippen molar-refractivity contribution in [3.8, 4) is 5.75 Å². The number of nitrogens with zero attached hydrogens (tertiary/aromatic N) is 1. The number of ether oxygens (including phenoxy) is 2. The van der Waals surface area contributed by atoms with E-state index in [0.717, 1.165) is 12.1 Å². The van der Waals surface area contributed by atoms with Crippen molar-refractivity contribution in [2.24, 2.45) is 0 Å². The van der Waals surface area contributed by atoms with Gasteiger partial charge in [0.25, 0.3) is 5.91 Å². The Morgan fingerprint density at radius 1 is 1.15 bits per heavy atom. The number of anilines is 1. The molecule has 2 N–H and O–H groups in total. The number of urea groups is 1. The van der Waals surface area contributed by atoms with Gasteiger partial charge >= 0.3 is 12.2 Å². The summed E-state index contributed by atoms with van der Waals surface area (Å²) in [4.78, 5) is 27.5. The van der Waals surface area contributed by atoms with Crippen molar-refractivity contribution in [2.75, 3.05) is 32.7 Å². The quantitative estimate of drug-likeness (QED) is 0.640. The molecule has 3 rings (SSSR count). The molecular formula is C23H24F3N3O4. The number of carbonyl (C=O) groups excluding carboxylic acids is 2. The second kappa shape index (κ2) is 9.95. The molecule has 0 radical (unpaired) electrons. The van der Waals surface area contributed by atoms with Crippen LogP contribution >= 0.6 is 0 Å². The Balaban J connectivity index is 2.07. The van der Waals surface area contributed by atoms with Gasteiger partial charge in [0.1, 0.15) is 5.75 Å². The van der Waals surface area contributed by atoms with Crippen LogP contribution in [0.2, 0.25) is 0 Å². The summed E-state index contributed by atoms with van der Waals surface area (Å²) in [5, 5.41) is 5.40. The standard InChI is InChI=1S/C23H24F3N3O4/c1-14-19(21(30)27-17-9-4-5-10-18(17)33-3)20(28-22(31)29(14)11-12-32-2)15-7-6-8-16(13-15)23(24,25)26/h4-10,13,20H,11-12H2,1-3H3,(H,27,30)(H,28,31). The molecule has 1 aliphatic rings. The normalized spacial score (nSPS) is 16.5. The first-order valence-corrected chi connectivity index (χ1v) is 10.1. The van der Waals surface area contributed by atoms with E-state index in [9.17, 15) is 22.8 Å². The van der Waals surface area contributed by atoms with E-state index in [-0.39, 0.29) is 24.3 Å². The number of methoxy groups -OCH3 is 2. The van der Waals surface area contributed by atoms with Crippen LogP contribution in [0, 0.1) is 0 Å². The first kappa shape index (κ1) is 24.1. The average Bonchev–Trinajstić information content (AvgIpc) is 2.78. The minimum Gasteiger partial charge on any atom is -0.495 e. The minimum absolute atomic E-state index is 0.107. The molecule has 2 aromatic rings. The van der Waals surface area contributed by atoms with E-state index in [4.69, 9.17) is 9.47 Å². The number of amides is 3. The van der Waals surface area contributed by atoms with Gasteiger partial charge in [0, 0.05) is 12.8 Å². The molecule has 0 fully saturated rings. The fraction of sp³-hybridized carbons (Fsp3) is 0.304. The molecule has 1 heterocycles. The van der Waals surface area contributed by atoms with Gasteiger partial charge in [-0.2, -0.15) is 13.2 Å². The molecule has 10 heteroatoms. The molecule has 0 aliphatic carbocycles. The second-order valence-electron chi connectivity index (χ2n) is 7.30. The maximum absolute atomic E-state index is 13.4. The highest BCUT2D eigenvalue weighted by atomic mass is 19.4. The Morgan fingerprint density at radius 3 is 2.55 bits per heavy atom. The molecular weight excluding hydrogens is 439 g/mol. The largest absolute Gasteiger partial charge is 0.495 e. The van der Waals surface area contributed by atoms with E-state index < -0.39 is 29.7 Å². The van der Waals surface area contributed by atoms with Crippen molar-refractivity contribution in [3.63, 3.8) is 0 Å². The highest BCUT2D eigenvalue weighted by Crippen LogP contribution is 2.36. The fourth-order valence-corrected chi connectivity index (χ4v) is 3.61. The molecule has 0 spiro atoms. The number of nitrogens with one attached hydrogen (secondary N) is 2. The van der Waals surface area contributed by atoms with Crippen LogP contribution in [0.3, 0.4) is 0 Å². The van der Waals surface area contributed by atoms with Crippen molar-refractivity contribution < 1.29 is 32.2 Å². The lowest BCUT2D eigenvalue weighted by Gasteiger charge is -2.36. The molecule has 2 aromatic carbocycles. The Kier molecular flexibility index (Phi) is 7.27. The monoisotopic (exact) mass is 463 g/mol. The Morgan fingerprint density at radius 2 is 1.88 bits per heavy atom. The number of allylic oxidation sites excluding steroid dienone is 1. The number of carbonyl (C=O) groups is 2. The van der Waals surface area contributed by atoms with Gasteiger partial charge in [-0.25, -0.2) is 4.79 Å². The maximum Gasteiger partial charge on any atom is 0.416 e. The van der Waals surface area contributed by atoms with E-state index in [1.807, 2.05) is 0 Å². The molecule has 0 saturated heterocycles. The third kappa shape index (κ3) is 5.28. The van der Waals surface area contributed by atoms with Gasteiger partial charge in [0.05, 0.1) is 43.1 Å². The molecule has 1 unspecified atom stereocenters. The zero-order valence-electron chi connectivity index (χ0n) is 18.3. The Hall–Kier alpha value is -3.53. The molecule has 0 bridgehead atoms. The SMILES string of the molecule is COCCN1C(=O)NC(c2cccc(C(F)(F)F)c2)C(C(=O)Nc2ccccc2OC)=C1C. The zero-order valence-corrected chi connectivity index (χ0v) is 18.3. The first-order chi connectivity index (χ1) is 15.7. The second-order valence-corrected chi connectivity index (χ2v) is 7.30. The number of benzene rings is 2. The zero-order chi connectivity index (χ0) is 24.2. The van der Waals surface area contributed by atoms with Gasteiger partial charge in [-0.3, -0.25) is 9.69 Å². The van der Waals surface area contributed by atoms with Crippen LogP contribution in [0.25, 0.3) is 0 Å².